The SMILES string of the molecule is Cc1ccccc1CSc1[nH]c(=O)c(C#N)c2cc(F)ccc12. The number of nitrogens with one attached hydrogen (secondary N) is 1. The molecule has 1 N–H and O–H groups in total. The van der Waals surface area contributed by atoms with Crippen LogP contribution in [0.5, 0.6) is 0 Å². The van der Waals surface area contributed by atoms with Crippen LogP contribution >= 0.6 is 11.8 Å². The van der Waals surface area contributed by atoms with Crippen LogP contribution in [0.25, 0.3) is 10.8 Å². The predicted octanol–water partition coefficient (Wildman–Crippen LogP) is 4.14. The number of aromatic nitrogens is 1. The molecular formula is C18H13FN2OS. The molecule has 114 valence electrons. The lowest BCUT2D eigenvalue weighted by atomic mass is 10.1. The molecule has 1 aromatic heterocycles. The summed E-state index contributed by atoms with van der Waals surface area (Å²) in [5, 5.41) is 10.8. The van der Waals surface area contributed by atoms with Crippen molar-refractivity contribution in [1.82, 2.24) is 4.98 Å². The number of pyridine rings is 1. The van der Waals surface area contributed by atoms with Gasteiger partial charge in [-0.1, -0.05) is 24.3 Å². The zero-order valence-electron chi connectivity index (χ0n) is 12.4. The number of nitrogens with zero attached hydrogens (tertiary/aromatic N) is 1. The normalized spacial score (nSPS) is 10.7. The third-order valence-electron chi connectivity index (χ3n) is 3.69. The van der Waals surface area contributed by atoms with Crippen molar-refractivity contribution < 1.29 is 4.39 Å². The average molecular weight is 324 g/mol. The Morgan fingerprint density at radius 1 is 1.22 bits per heavy atom. The molecule has 23 heavy (non-hydrogen) atoms. The fourth-order valence-electron chi connectivity index (χ4n) is 2.42. The molecule has 0 unspecified atom stereocenters. The highest BCUT2D eigenvalue weighted by atomic mass is 32.2. The summed E-state index contributed by atoms with van der Waals surface area (Å²) in [6, 6.07) is 14.0. The maximum Gasteiger partial charge on any atom is 0.267 e. The first kappa shape index (κ1) is 15.3. The maximum absolute atomic E-state index is 13.5. The minimum atomic E-state index is -0.488. The topological polar surface area (TPSA) is 56.6 Å². The Balaban J connectivity index is 2.07. The van der Waals surface area contributed by atoms with Gasteiger partial charge in [-0.15, -0.1) is 11.8 Å². The van der Waals surface area contributed by atoms with Crippen LogP contribution in [0, 0.1) is 24.1 Å². The van der Waals surface area contributed by atoms with Crippen LogP contribution in [-0.4, -0.2) is 4.98 Å². The van der Waals surface area contributed by atoms with E-state index in [0.29, 0.717) is 21.6 Å². The minimum absolute atomic E-state index is 0.0558. The van der Waals surface area contributed by atoms with Crippen LogP contribution in [0.3, 0.4) is 0 Å². The van der Waals surface area contributed by atoms with Crippen molar-refractivity contribution in [3.63, 3.8) is 0 Å². The van der Waals surface area contributed by atoms with Gasteiger partial charge < -0.3 is 4.98 Å². The molecule has 0 fully saturated rings. The van der Waals surface area contributed by atoms with Crippen molar-refractivity contribution in [2.75, 3.05) is 0 Å². The number of fused-ring (bicyclic) bond motifs is 1. The van der Waals surface area contributed by atoms with E-state index in [1.807, 2.05) is 37.3 Å². The molecule has 0 saturated heterocycles. The number of hydrogen-bond donors (Lipinski definition) is 1. The molecule has 0 bridgehead atoms. The molecule has 0 atom stereocenters. The van der Waals surface area contributed by atoms with Crippen LogP contribution in [0.4, 0.5) is 4.39 Å². The Hall–Kier alpha value is -2.58. The fraction of sp³-hybridized carbons (Fsp3) is 0.111. The molecule has 3 aromatic rings. The molecular weight excluding hydrogens is 311 g/mol. The second-order valence-electron chi connectivity index (χ2n) is 5.18. The van der Waals surface area contributed by atoms with E-state index in [2.05, 4.69) is 4.98 Å². The van der Waals surface area contributed by atoms with Crippen LogP contribution in [-0.2, 0) is 5.75 Å². The summed E-state index contributed by atoms with van der Waals surface area (Å²) in [5.74, 6) is 0.218. The first-order valence-corrected chi connectivity index (χ1v) is 8.01. The van der Waals surface area contributed by atoms with Crippen molar-refractivity contribution in [2.24, 2.45) is 0 Å². The summed E-state index contributed by atoms with van der Waals surface area (Å²) in [6.07, 6.45) is 0. The Kier molecular flexibility index (Phi) is 4.18. The Morgan fingerprint density at radius 3 is 2.74 bits per heavy atom. The van der Waals surface area contributed by atoms with Crippen molar-refractivity contribution >= 4 is 22.5 Å². The lowest BCUT2D eigenvalue weighted by Crippen LogP contribution is -2.12. The zero-order chi connectivity index (χ0) is 16.4. The highest BCUT2D eigenvalue weighted by Crippen LogP contribution is 2.29. The fourth-order valence-corrected chi connectivity index (χ4v) is 3.55. The van der Waals surface area contributed by atoms with Gasteiger partial charge in [0.2, 0.25) is 0 Å². The number of aryl methyl sites for hydroxylation is 1. The molecule has 3 rings (SSSR count). The van der Waals surface area contributed by atoms with E-state index in [9.17, 15) is 9.18 Å². The lowest BCUT2D eigenvalue weighted by Gasteiger charge is -2.09. The van der Waals surface area contributed by atoms with Crippen molar-refractivity contribution in [3.8, 4) is 6.07 Å². The monoisotopic (exact) mass is 324 g/mol. The van der Waals surface area contributed by atoms with Gasteiger partial charge in [0.05, 0.1) is 5.03 Å². The van der Waals surface area contributed by atoms with E-state index < -0.39 is 11.4 Å². The average Bonchev–Trinajstić information content (AvgIpc) is 2.53. The number of halogens is 1. The molecule has 5 heteroatoms. The van der Waals surface area contributed by atoms with Crippen molar-refractivity contribution in [2.45, 2.75) is 17.7 Å². The van der Waals surface area contributed by atoms with Gasteiger partial charge in [0.15, 0.2) is 0 Å². The number of H-pyrrole nitrogens is 1. The van der Waals surface area contributed by atoms with E-state index in [1.165, 1.54) is 29.5 Å². The quantitative estimate of drug-likeness (QED) is 0.737. The molecule has 0 spiro atoms. The van der Waals surface area contributed by atoms with Gasteiger partial charge in [0.25, 0.3) is 5.56 Å². The summed E-state index contributed by atoms with van der Waals surface area (Å²) in [7, 11) is 0. The van der Waals surface area contributed by atoms with Crippen LogP contribution in [0.1, 0.15) is 16.7 Å². The third kappa shape index (κ3) is 2.99. The van der Waals surface area contributed by atoms with E-state index in [-0.39, 0.29) is 5.56 Å². The van der Waals surface area contributed by atoms with Gasteiger partial charge in [0.1, 0.15) is 17.4 Å². The Morgan fingerprint density at radius 2 is 2.00 bits per heavy atom. The summed E-state index contributed by atoms with van der Waals surface area (Å²) in [4.78, 5) is 14.8. The van der Waals surface area contributed by atoms with Gasteiger partial charge in [0, 0.05) is 16.5 Å². The van der Waals surface area contributed by atoms with Gasteiger partial charge in [-0.05, 0) is 36.2 Å². The Labute approximate surface area is 136 Å². The standard InChI is InChI=1S/C18H13FN2OS/c1-11-4-2-3-5-12(11)10-23-18-14-7-6-13(19)8-15(14)16(9-20)17(22)21-18/h2-8H,10H2,1H3,(H,21,22). The van der Waals surface area contributed by atoms with Gasteiger partial charge in [-0.3, -0.25) is 4.79 Å². The van der Waals surface area contributed by atoms with Crippen LogP contribution in [0.2, 0.25) is 0 Å². The van der Waals surface area contributed by atoms with E-state index in [1.54, 1.807) is 6.07 Å². The Bertz CT molecular complexity index is 988. The summed E-state index contributed by atoms with van der Waals surface area (Å²) in [6.45, 7) is 2.03. The molecule has 0 aliphatic rings. The van der Waals surface area contributed by atoms with Crippen molar-refractivity contribution in [1.29, 1.82) is 5.26 Å². The van der Waals surface area contributed by atoms with E-state index >= 15 is 0 Å². The highest BCUT2D eigenvalue weighted by molar-refractivity contribution is 7.98. The molecule has 0 radical (unpaired) electrons. The summed E-state index contributed by atoms with van der Waals surface area (Å²) >= 11 is 1.47. The van der Waals surface area contributed by atoms with E-state index in [4.69, 9.17) is 5.26 Å². The molecule has 0 aliphatic carbocycles. The zero-order valence-corrected chi connectivity index (χ0v) is 13.2. The number of nitriles is 1. The number of benzene rings is 2. The molecule has 3 nitrogen and oxygen atoms in total. The lowest BCUT2D eigenvalue weighted by molar-refractivity contribution is 0.629. The molecule has 1 heterocycles. The number of thioether (sulfide) groups is 1. The second-order valence-corrected chi connectivity index (χ2v) is 6.16. The number of hydrogen-bond acceptors (Lipinski definition) is 3. The largest absolute Gasteiger partial charge is 0.315 e. The molecule has 0 aliphatic heterocycles. The summed E-state index contributed by atoms with van der Waals surface area (Å²) in [5.41, 5.74) is 1.79. The number of rotatable bonds is 3. The highest BCUT2D eigenvalue weighted by Gasteiger charge is 2.12. The first-order chi connectivity index (χ1) is 11.1. The maximum atomic E-state index is 13.5. The van der Waals surface area contributed by atoms with Crippen LogP contribution < -0.4 is 5.56 Å². The van der Waals surface area contributed by atoms with Gasteiger partial charge in [-0.25, -0.2) is 4.39 Å². The van der Waals surface area contributed by atoms with Crippen molar-refractivity contribution in [3.05, 3.63) is 75.3 Å². The van der Waals surface area contributed by atoms with Gasteiger partial charge >= 0.3 is 0 Å². The number of aromatic amines is 1. The van der Waals surface area contributed by atoms with Gasteiger partial charge in [-0.2, -0.15) is 5.26 Å². The molecule has 0 saturated carbocycles. The molecule has 2 aromatic carbocycles. The smallest absolute Gasteiger partial charge is 0.267 e. The predicted molar refractivity (Wildman–Crippen MR) is 90.0 cm³/mol. The summed E-state index contributed by atoms with van der Waals surface area (Å²) < 4.78 is 13.5. The molecule has 0 amide bonds. The third-order valence-corrected chi connectivity index (χ3v) is 4.76. The van der Waals surface area contributed by atoms with E-state index in [0.717, 1.165) is 5.56 Å². The minimum Gasteiger partial charge on any atom is -0.315 e. The first-order valence-electron chi connectivity index (χ1n) is 7.03. The van der Waals surface area contributed by atoms with Crippen LogP contribution in [0.15, 0.2) is 52.3 Å². The second kappa shape index (κ2) is 6.27.